The number of hydrogen-bond donors (Lipinski definition) is 1. The molecular weight excluding hydrogens is 300 g/mol. The molecule has 0 bridgehead atoms. The first kappa shape index (κ1) is 14.3. The Labute approximate surface area is 123 Å². The molecule has 1 N–H and O–H groups in total. The number of hydrogen-bond acceptors (Lipinski definition) is 1. The summed E-state index contributed by atoms with van der Waals surface area (Å²) in [6, 6.07) is 12.2. The minimum atomic E-state index is -0.461. The van der Waals surface area contributed by atoms with E-state index in [4.69, 9.17) is 0 Å². The van der Waals surface area contributed by atoms with Gasteiger partial charge in [0.1, 0.15) is 0 Å². The zero-order valence-corrected chi connectivity index (χ0v) is 13.2. The Morgan fingerprint density at radius 2 is 1.68 bits per heavy atom. The number of aryl methyl sites for hydroxylation is 3. The summed E-state index contributed by atoms with van der Waals surface area (Å²) in [5.74, 6) is 0. The minimum absolute atomic E-state index is 0.461. The van der Waals surface area contributed by atoms with E-state index in [0.717, 1.165) is 10.0 Å². The van der Waals surface area contributed by atoms with E-state index in [1.54, 1.807) is 0 Å². The maximum absolute atomic E-state index is 10.4. The predicted molar refractivity (Wildman–Crippen MR) is 83.5 cm³/mol. The van der Waals surface area contributed by atoms with Crippen molar-refractivity contribution in [3.05, 3.63) is 68.7 Å². The highest BCUT2D eigenvalue weighted by molar-refractivity contribution is 9.10. The zero-order valence-electron chi connectivity index (χ0n) is 11.6. The van der Waals surface area contributed by atoms with Gasteiger partial charge in [0, 0.05) is 10.9 Å². The Bertz CT molecular complexity index is 567. The lowest BCUT2D eigenvalue weighted by Crippen LogP contribution is -2.05. The highest BCUT2D eigenvalue weighted by atomic mass is 79.9. The largest absolute Gasteiger partial charge is 0.388 e. The van der Waals surface area contributed by atoms with Crippen LogP contribution >= 0.6 is 15.9 Å². The lowest BCUT2D eigenvalue weighted by Gasteiger charge is -2.16. The highest BCUT2D eigenvalue weighted by Gasteiger charge is 2.12. The van der Waals surface area contributed by atoms with Gasteiger partial charge in [-0.05, 0) is 55.2 Å². The molecule has 2 aromatic carbocycles. The van der Waals surface area contributed by atoms with Gasteiger partial charge in [-0.25, -0.2) is 0 Å². The van der Waals surface area contributed by atoms with Crippen LogP contribution in [0.5, 0.6) is 0 Å². The highest BCUT2D eigenvalue weighted by Crippen LogP contribution is 2.25. The average molecular weight is 319 g/mol. The second-order valence-electron chi connectivity index (χ2n) is 5.15. The third kappa shape index (κ3) is 3.46. The van der Waals surface area contributed by atoms with Crippen LogP contribution < -0.4 is 0 Å². The summed E-state index contributed by atoms with van der Waals surface area (Å²) in [5.41, 5.74) is 5.99. The third-order valence-electron chi connectivity index (χ3n) is 3.47. The third-order valence-corrected chi connectivity index (χ3v) is 3.96. The van der Waals surface area contributed by atoms with Gasteiger partial charge in [0.15, 0.2) is 0 Å². The Morgan fingerprint density at radius 3 is 2.26 bits per heavy atom. The molecular formula is C17H19BrO. The summed E-state index contributed by atoms with van der Waals surface area (Å²) in [6.45, 7) is 6.33. The van der Waals surface area contributed by atoms with Crippen molar-refractivity contribution in [2.75, 3.05) is 0 Å². The van der Waals surface area contributed by atoms with Gasteiger partial charge in [-0.2, -0.15) is 0 Å². The first-order chi connectivity index (χ1) is 8.97. The van der Waals surface area contributed by atoms with Crippen molar-refractivity contribution in [1.82, 2.24) is 0 Å². The summed E-state index contributed by atoms with van der Waals surface area (Å²) in [4.78, 5) is 0. The molecule has 0 spiro atoms. The van der Waals surface area contributed by atoms with Crippen LogP contribution in [-0.4, -0.2) is 5.11 Å². The van der Waals surface area contributed by atoms with E-state index < -0.39 is 6.10 Å². The van der Waals surface area contributed by atoms with Crippen LogP contribution in [0.25, 0.3) is 0 Å². The molecule has 0 aromatic heterocycles. The Kier molecular flexibility index (Phi) is 4.43. The first-order valence-electron chi connectivity index (χ1n) is 6.47. The van der Waals surface area contributed by atoms with Gasteiger partial charge < -0.3 is 5.11 Å². The van der Waals surface area contributed by atoms with Crippen LogP contribution in [0.15, 0.2) is 40.9 Å². The number of aliphatic hydroxyl groups is 1. The molecule has 0 amide bonds. The molecule has 2 heteroatoms. The van der Waals surface area contributed by atoms with Crippen LogP contribution in [-0.2, 0) is 6.42 Å². The van der Waals surface area contributed by atoms with Crippen molar-refractivity contribution >= 4 is 15.9 Å². The van der Waals surface area contributed by atoms with Crippen LogP contribution in [0.4, 0.5) is 0 Å². The summed E-state index contributed by atoms with van der Waals surface area (Å²) in [7, 11) is 0. The van der Waals surface area contributed by atoms with E-state index in [2.05, 4.69) is 48.8 Å². The lowest BCUT2D eigenvalue weighted by molar-refractivity contribution is 0.178. The molecule has 0 radical (unpaired) electrons. The van der Waals surface area contributed by atoms with Gasteiger partial charge in [0.05, 0.1) is 6.10 Å². The summed E-state index contributed by atoms with van der Waals surface area (Å²) in [6.07, 6.45) is 0.201. The van der Waals surface area contributed by atoms with Crippen LogP contribution in [0.2, 0.25) is 0 Å². The van der Waals surface area contributed by atoms with Gasteiger partial charge >= 0.3 is 0 Å². The molecule has 2 aromatic rings. The molecule has 0 saturated carbocycles. The second kappa shape index (κ2) is 5.89. The molecule has 100 valence electrons. The summed E-state index contributed by atoms with van der Waals surface area (Å²) in [5, 5.41) is 10.4. The summed E-state index contributed by atoms with van der Waals surface area (Å²) < 4.78 is 1.00. The Hall–Kier alpha value is -1.12. The van der Waals surface area contributed by atoms with Crippen molar-refractivity contribution < 1.29 is 5.11 Å². The van der Waals surface area contributed by atoms with E-state index in [-0.39, 0.29) is 0 Å². The first-order valence-corrected chi connectivity index (χ1v) is 7.27. The Balaban J connectivity index is 2.26. The lowest BCUT2D eigenvalue weighted by atomic mass is 9.93. The van der Waals surface area contributed by atoms with Gasteiger partial charge in [-0.15, -0.1) is 0 Å². The van der Waals surface area contributed by atoms with Crippen LogP contribution in [0, 0.1) is 20.8 Å². The van der Waals surface area contributed by atoms with Crippen molar-refractivity contribution in [3.8, 4) is 0 Å². The number of rotatable bonds is 3. The monoisotopic (exact) mass is 318 g/mol. The van der Waals surface area contributed by atoms with E-state index in [9.17, 15) is 5.11 Å². The fourth-order valence-electron chi connectivity index (χ4n) is 2.56. The molecule has 0 fully saturated rings. The second-order valence-corrected chi connectivity index (χ2v) is 6.07. The quantitative estimate of drug-likeness (QED) is 0.873. The van der Waals surface area contributed by atoms with Crippen LogP contribution in [0.1, 0.15) is 33.9 Å². The smallest absolute Gasteiger partial charge is 0.0830 e. The number of benzene rings is 2. The van der Waals surface area contributed by atoms with Crippen molar-refractivity contribution in [2.24, 2.45) is 0 Å². The number of halogens is 1. The SMILES string of the molecule is Cc1cc(C)c(CC(O)c2cccc(Br)c2)c(C)c1. The molecule has 0 aliphatic heterocycles. The van der Waals surface area contributed by atoms with Crippen molar-refractivity contribution in [1.29, 1.82) is 0 Å². The van der Waals surface area contributed by atoms with Gasteiger partial charge in [0.25, 0.3) is 0 Å². The van der Waals surface area contributed by atoms with E-state index in [1.165, 1.54) is 22.3 Å². The molecule has 1 nitrogen and oxygen atoms in total. The molecule has 0 heterocycles. The van der Waals surface area contributed by atoms with Gasteiger partial charge in [-0.1, -0.05) is 45.8 Å². The topological polar surface area (TPSA) is 20.2 Å². The predicted octanol–water partition coefficient (Wildman–Crippen LogP) is 4.65. The molecule has 19 heavy (non-hydrogen) atoms. The molecule has 0 aliphatic rings. The van der Waals surface area contributed by atoms with Crippen LogP contribution in [0.3, 0.4) is 0 Å². The van der Waals surface area contributed by atoms with Crippen molar-refractivity contribution in [2.45, 2.75) is 33.3 Å². The number of aliphatic hydroxyl groups excluding tert-OH is 1. The van der Waals surface area contributed by atoms with Gasteiger partial charge in [-0.3, -0.25) is 0 Å². The molecule has 1 atom stereocenters. The molecule has 2 rings (SSSR count). The zero-order chi connectivity index (χ0) is 14.0. The fraction of sp³-hybridized carbons (Fsp3) is 0.294. The van der Waals surface area contributed by atoms with E-state index in [0.29, 0.717) is 6.42 Å². The van der Waals surface area contributed by atoms with Gasteiger partial charge in [0.2, 0.25) is 0 Å². The van der Waals surface area contributed by atoms with E-state index in [1.807, 2.05) is 24.3 Å². The normalized spacial score (nSPS) is 12.5. The summed E-state index contributed by atoms with van der Waals surface area (Å²) >= 11 is 3.44. The fourth-order valence-corrected chi connectivity index (χ4v) is 2.97. The molecule has 0 aliphatic carbocycles. The molecule has 0 saturated heterocycles. The maximum Gasteiger partial charge on any atom is 0.0830 e. The minimum Gasteiger partial charge on any atom is -0.388 e. The maximum atomic E-state index is 10.4. The average Bonchev–Trinajstić information content (AvgIpc) is 2.33. The Morgan fingerprint density at radius 1 is 1.05 bits per heavy atom. The standard InChI is InChI=1S/C17H19BrO/c1-11-7-12(2)16(13(3)8-11)10-17(19)14-5-4-6-15(18)9-14/h4-9,17,19H,10H2,1-3H3. The molecule has 1 unspecified atom stereocenters. The van der Waals surface area contributed by atoms with Crippen molar-refractivity contribution in [3.63, 3.8) is 0 Å². The van der Waals surface area contributed by atoms with E-state index >= 15 is 0 Å².